The molecule has 0 rings (SSSR count). The van der Waals surface area contributed by atoms with Gasteiger partial charge >= 0.3 is 5.97 Å². The van der Waals surface area contributed by atoms with Gasteiger partial charge in [-0.05, 0) is 13.8 Å². The maximum atomic E-state index is 11.1. The van der Waals surface area contributed by atoms with Crippen molar-refractivity contribution in [1.29, 1.82) is 0 Å². The van der Waals surface area contributed by atoms with Crippen molar-refractivity contribution in [2.45, 2.75) is 24.7 Å². The van der Waals surface area contributed by atoms with Gasteiger partial charge in [-0.2, -0.15) is 0 Å². The summed E-state index contributed by atoms with van der Waals surface area (Å²) in [5, 5.41) is 12.5. The minimum Gasteiger partial charge on any atom is -0.467 e. The number of carbonyl (C=O) groups excluding carboxylic acids is 1. The molecular weight excluding hydrogens is 218 g/mol. The van der Waals surface area contributed by atoms with Crippen LogP contribution in [-0.4, -0.2) is 52.6 Å². The van der Waals surface area contributed by atoms with E-state index in [0.717, 1.165) is 0 Å². The van der Waals surface area contributed by atoms with Gasteiger partial charge in [0.05, 0.1) is 7.11 Å². The average Bonchev–Trinajstić information content (AvgIpc) is 2.15. The summed E-state index contributed by atoms with van der Waals surface area (Å²) in [6.07, 6.45) is 1.62. The molecule has 0 aliphatic heterocycles. The normalized spacial score (nSPS) is 19.0. The lowest BCUT2D eigenvalue weighted by Crippen LogP contribution is -2.47. The van der Waals surface area contributed by atoms with Crippen molar-refractivity contribution in [1.82, 2.24) is 5.32 Å². The Morgan fingerprint density at radius 1 is 1.67 bits per heavy atom. The van der Waals surface area contributed by atoms with Gasteiger partial charge in [0.2, 0.25) is 0 Å². The van der Waals surface area contributed by atoms with Crippen molar-refractivity contribution < 1.29 is 18.8 Å². The summed E-state index contributed by atoms with van der Waals surface area (Å²) in [4.78, 5) is 11.1. The lowest BCUT2D eigenvalue weighted by molar-refractivity contribution is -0.159. The maximum absolute atomic E-state index is 11.1. The third kappa shape index (κ3) is 5.25. The lowest BCUT2D eigenvalue weighted by Gasteiger charge is -2.21. The molecular formula is C9H19NO4S. The molecule has 90 valence electrons. The zero-order valence-electron chi connectivity index (χ0n) is 9.57. The Bertz CT molecular complexity index is 242. The molecule has 0 aliphatic carbocycles. The lowest BCUT2D eigenvalue weighted by atomic mass is 10.1. The van der Waals surface area contributed by atoms with Gasteiger partial charge in [-0.25, -0.2) is 4.79 Å². The number of nitrogens with one attached hydrogen (secondary N) is 1. The van der Waals surface area contributed by atoms with E-state index in [0.29, 0.717) is 6.54 Å². The molecule has 0 aromatic heterocycles. The molecule has 0 radical (unpaired) electrons. The van der Waals surface area contributed by atoms with Crippen LogP contribution in [0.2, 0.25) is 0 Å². The highest BCUT2D eigenvalue weighted by Gasteiger charge is 2.30. The maximum Gasteiger partial charge on any atom is 0.338 e. The van der Waals surface area contributed by atoms with Crippen molar-refractivity contribution in [2.24, 2.45) is 0 Å². The first kappa shape index (κ1) is 14.5. The molecule has 15 heavy (non-hydrogen) atoms. The van der Waals surface area contributed by atoms with E-state index < -0.39 is 22.4 Å². The molecule has 0 amide bonds. The van der Waals surface area contributed by atoms with Crippen LogP contribution in [0, 0.1) is 0 Å². The minimum atomic E-state index is -1.54. The fourth-order valence-corrected chi connectivity index (χ4v) is 1.28. The van der Waals surface area contributed by atoms with Crippen molar-refractivity contribution >= 4 is 16.8 Å². The van der Waals surface area contributed by atoms with E-state index in [1.807, 2.05) is 6.92 Å². The van der Waals surface area contributed by atoms with E-state index in [-0.39, 0.29) is 11.8 Å². The summed E-state index contributed by atoms with van der Waals surface area (Å²) in [7, 11) is 0.311. The first-order valence-corrected chi connectivity index (χ1v) is 6.27. The highest BCUT2D eigenvalue weighted by atomic mass is 32.2. The van der Waals surface area contributed by atoms with Gasteiger partial charge in [0.15, 0.2) is 5.60 Å². The smallest absolute Gasteiger partial charge is 0.338 e. The summed E-state index contributed by atoms with van der Waals surface area (Å²) >= 11 is 0. The second kappa shape index (κ2) is 6.19. The standard InChI is InChI=1S/C9H19NO4S/c1-7(15(4)13)5-10-6-9(2,12)8(11)14-3/h7,10,12H,5-6H2,1-4H3. The predicted octanol–water partition coefficient (Wildman–Crippen LogP) is -0.733. The number of hydrogen-bond donors (Lipinski definition) is 2. The molecule has 3 atom stereocenters. The molecule has 0 aromatic rings. The van der Waals surface area contributed by atoms with Gasteiger partial charge in [0, 0.05) is 35.4 Å². The van der Waals surface area contributed by atoms with Crippen molar-refractivity contribution in [3.8, 4) is 0 Å². The number of methoxy groups -OCH3 is 1. The first-order chi connectivity index (χ1) is 6.81. The molecule has 0 heterocycles. The Morgan fingerprint density at radius 3 is 2.60 bits per heavy atom. The average molecular weight is 237 g/mol. The Morgan fingerprint density at radius 2 is 2.20 bits per heavy atom. The summed E-state index contributed by atoms with van der Waals surface area (Å²) in [5.41, 5.74) is -1.54. The van der Waals surface area contributed by atoms with E-state index in [4.69, 9.17) is 0 Å². The number of esters is 1. The highest BCUT2D eigenvalue weighted by Crippen LogP contribution is 2.03. The van der Waals surface area contributed by atoms with Crippen LogP contribution in [0.3, 0.4) is 0 Å². The fraction of sp³-hybridized carbons (Fsp3) is 0.889. The van der Waals surface area contributed by atoms with Crippen LogP contribution in [0.1, 0.15) is 13.8 Å². The summed E-state index contributed by atoms with van der Waals surface area (Å²) in [5.74, 6) is -0.680. The molecule has 0 aliphatic rings. The van der Waals surface area contributed by atoms with E-state index in [1.165, 1.54) is 14.0 Å². The van der Waals surface area contributed by atoms with Crippen molar-refractivity contribution in [3.63, 3.8) is 0 Å². The predicted molar refractivity (Wildman–Crippen MR) is 59.0 cm³/mol. The van der Waals surface area contributed by atoms with Crippen LogP contribution in [0.25, 0.3) is 0 Å². The number of hydrogen-bond acceptors (Lipinski definition) is 5. The molecule has 6 heteroatoms. The second-order valence-corrected chi connectivity index (χ2v) is 5.51. The van der Waals surface area contributed by atoms with Crippen LogP contribution >= 0.6 is 0 Å². The van der Waals surface area contributed by atoms with Gasteiger partial charge in [-0.1, -0.05) is 0 Å². The van der Waals surface area contributed by atoms with Crippen LogP contribution < -0.4 is 5.32 Å². The van der Waals surface area contributed by atoms with Gasteiger partial charge in [0.25, 0.3) is 0 Å². The minimum absolute atomic E-state index is 0.0153. The Labute approximate surface area is 92.7 Å². The number of ether oxygens (including phenoxy) is 1. The van der Waals surface area contributed by atoms with Gasteiger partial charge in [-0.3, -0.25) is 4.21 Å². The summed E-state index contributed by atoms with van der Waals surface area (Å²) < 4.78 is 15.4. The Balaban J connectivity index is 3.95. The van der Waals surface area contributed by atoms with E-state index in [1.54, 1.807) is 6.26 Å². The number of carbonyl (C=O) groups is 1. The molecule has 0 saturated heterocycles. The Hall–Kier alpha value is -0.460. The van der Waals surface area contributed by atoms with Crippen LogP contribution in [0.5, 0.6) is 0 Å². The highest BCUT2D eigenvalue weighted by molar-refractivity contribution is 7.84. The topological polar surface area (TPSA) is 75.6 Å². The monoisotopic (exact) mass is 237 g/mol. The van der Waals surface area contributed by atoms with Gasteiger partial charge in [-0.15, -0.1) is 0 Å². The van der Waals surface area contributed by atoms with Crippen LogP contribution in [-0.2, 0) is 20.3 Å². The van der Waals surface area contributed by atoms with Gasteiger partial charge in [0.1, 0.15) is 0 Å². The molecule has 0 bridgehead atoms. The van der Waals surface area contributed by atoms with E-state index in [9.17, 15) is 14.1 Å². The Kier molecular flexibility index (Phi) is 6.00. The van der Waals surface area contributed by atoms with Crippen molar-refractivity contribution in [2.75, 3.05) is 26.5 Å². The molecule has 0 fully saturated rings. The molecule has 0 saturated carbocycles. The van der Waals surface area contributed by atoms with Crippen molar-refractivity contribution in [3.05, 3.63) is 0 Å². The number of rotatable bonds is 6. The van der Waals surface area contributed by atoms with E-state index in [2.05, 4.69) is 10.1 Å². The van der Waals surface area contributed by atoms with Crippen LogP contribution in [0.4, 0.5) is 0 Å². The third-order valence-electron chi connectivity index (χ3n) is 2.09. The molecule has 0 spiro atoms. The zero-order valence-corrected chi connectivity index (χ0v) is 10.4. The van der Waals surface area contributed by atoms with E-state index >= 15 is 0 Å². The first-order valence-electron chi connectivity index (χ1n) is 4.65. The fourth-order valence-electron chi connectivity index (χ4n) is 0.928. The molecule has 5 nitrogen and oxygen atoms in total. The molecule has 2 N–H and O–H groups in total. The van der Waals surface area contributed by atoms with Gasteiger partial charge < -0.3 is 15.2 Å². The third-order valence-corrected chi connectivity index (χ3v) is 3.39. The summed E-state index contributed by atoms with van der Waals surface area (Å²) in [6.45, 7) is 3.77. The number of aliphatic hydroxyl groups is 1. The largest absolute Gasteiger partial charge is 0.467 e. The summed E-state index contributed by atoms with van der Waals surface area (Å²) in [6, 6.07) is 0. The van der Waals surface area contributed by atoms with Crippen LogP contribution in [0.15, 0.2) is 0 Å². The SMILES string of the molecule is COC(=O)C(C)(O)CNCC(C)S(C)=O. The molecule has 0 aromatic carbocycles. The zero-order chi connectivity index (χ0) is 12.1. The molecule has 3 unspecified atom stereocenters. The second-order valence-electron chi connectivity index (χ2n) is 3.71. The quantitative estimate of drug-likeness (QED) is 0.596.